The summed E-state index contributed by atoms with van der Waals surface area (Å²) in [4.78, 5) is 0. The van der Waals surface area contributed by atoms with Crippen LogP contribution in [0.2, 0.25) is 0 Å². The quantitative estimate of drug-likeness (QED) is 0.576. The molecular formula is C24H40F2O. The lowest BCUT2D eigenvalue weighted by Crippen LogP contribution is -2.61. The van der Waals surface area contributed by atoms with E-state index in [1.807, 2.05) is 0 Å². The van der Waals surface area contributed by atoms with Crippen LogP contribution in [0.3, 0.4) is 0 Å². The fourth-order valence-electron chi connectivity index (χ4n) is 8.77. The maximum atomic E-state index is 15.6. The van der Waals surface area contributed by atoms with Crippen molar-refractivity contribution in [2.45, 2.75) is 104 Å². The van der Waals surface area contributed by atoms with E-state index in [1.54, 1.807) is 0 Å². The van der Waals surface area contributed by atoms with Crippen molar-refractivity contribution in [3.05, 3.63) is 0 Å². The molecule has 0 heterocycles. The van der Waals surface area contributed by atoms with E-state index in [-0.39, 0.29) is 41.1 Å². The first-order valence-corrected chi connectivity index (χ1v) is 11.7. The van der Waals surface area contributed by atoms with E-state index >= 15 is 8.78 Å². The van der Waals surface area contributed by atoms with E-state index in [0.29, 0.717) is 18.3 Å². The van der Waals surface area contributed by atoms with Gasteiger partial charge in [0.1, 0.15) is 0 Å². The van der Waals surface area contributed by atoms with Crippen molar-refractivity contribution in [3.8, 4) is 0 Å². The van der Waals surface area contributed by atoms with Crippen LogP contribution in [0.4, 0.5) is 8.78 Å². The fraction of sp³-hybridized carbons (Fsp3) is 1.00. The summed E-state index contributed by atoms with van der Waals surface area (Å²) in [6.07, 6.45) is 8.69. The third-order valence-corrected chi connectivity index (χ3v) is 10.1. The Kier molecular flexibility index (Phi) is 4.97. The van der Waals surface area contributed by atoms with Gasteiger partial charge in [0, 0.05) is 12.3 Å². The highest BCUT2D eigenvalue weighted by Gasteiger charge is 2.68. The van der Waals surface area contributed by atoms with Gasteiger partial charge in [-0.2, -0.15) is 0 Å². The largest absolute Gasteiger partial charge is 0.393 e. The van der Waals surface area contributed by atoms with Crippen LogP contribution in [0, 0.1) is 46.3 Å². The predicted molar refractivity (Wildman–Crippen MR) is 106 cm³/mol. The topological polar surface area (TPSA) is 20.2 Å². The van der Waals surface area contributed by atoms with Gasteiger partial charge in [-0.15, -0.1) is 0 Å². The molecule has 4 rings (SSSR count). The van der Waals surface area contributed by atoms with Gasteiger partial charge in [0.05, 0.1) is 6.10 Å². The van der Waals surface area contributed by atoms with Crippen molar-refractivity contribution in [3.63, 3.8) is 0 Å². The first-order chi connectivity index (χ1) is 12.6. The zero-order chi connectivity index (χ0) is 19.6. The SMILES string of the molecule is CCC[C@@H](C)[C@H]1CCC2C3C(CC[C@@]21C)[C@@]1(C)CC[C@@H](O)C[C@H]1CC3(F)F. The fourth-order valence-corrected chi connectivity index (χ4v) is 8.77. The minimum Gasteiger partial charge on any atom is -0.393 e. The second-order valence-electron chi connectivity index (χ2n) is 11.3. The summed E-state index contributed by atoms with van der Waals surface area (Å²) in [5.41, 5.74) is 0.122. The molecule has 4 fully saturated rings. The van der Waals surface area contributed by atoms with Crippen LogP contribution in [-0.4, -0.2) is 17.1 Å². The standard InChI is InChI=1S/C24H40F2O/c1-5-6-15(2)18-7-8-19-21-20(10-12-23(18,19)4)22(3)11-9-17(27)13-16(22)14-24(21,25)26/h15-21,27H,5-14H2,1-4H3/t15-,16+,17-,18-,19?,20?,21?,22+,23-/m1/s1. The van der Waals surface area contributed by atoms with Crippen LogP contribution in [0.15, 0.2) is 0 Å². The Morgan fingerprint density at radius 1 is 1.00 bits per heavy atom. The monoisotopic (exact) mass is 382 g/mol. The van der Waals surface area contributed by atoms with Gasteiger partial charge in [-0.05, 0) is 85.4 Å². The van der Waals surface area contributed by atoms with Crippen molar-refractivity contribution in [2.75, 3.05) is 0 Å². The van der Waals surface area contributed by atoms with Crippen LogP contribution in [0.1, 0.15) is 91.9 Å². The Bertz CT molecular complexity index is 563. The van der Waals surface area contributed by atoms with Crippen molar-refractivity contribution in [1.82, 2.24) is 0 Å². The Morgan fingerprint density at radius 2 is 1.67 bits per heavy atom. The molecule has 4 saturated carbocycles. The van der Waals surface area contributed by atoms with E-state index in [1.165, 1.54) is 12.8 Å². The molecule has 0 saturated heterocycles. The summed E-state index contributed by atoms with van der Waals surface area (Å²) in [6, 6.07) is 0. The zero-order valence-electron chi connectivity index (χ0n) is 17.8. The molecule has 3 unspecified atom stereocenters. The first kappa shape index (κ1) is 20.1. The van der Waals surface area contributed by atoms with Gasteiger partial charge >= 0.3 is 0 Å². The van der Waals surface area contributed by atoms with Crippen LogP contribution in [-0.2, 0) is 0 Å². The molecule has 0 amide bonds. The lowest BCUT2D eigenvalue weighted by Gasteiger charge is -2.63. The Balaban J connectivity index is 1.66. The van der Waals surface area contributed by atoms with E-state index in [9.17, 15) is 5.11 Å². The summed E-state index contributed by atoms with van der Waals surface area (Å²) in [5, 5.41) is 10.1. The lowest BCUT2D eigenvalue weighted by atomic mass is 9.43. The van der Waals surface area contributed by atoms with Crippen molar-refractivity contribution in [2.24, 2.45) is 46.3 Å². The van der Waals surface area contributed by atoms with Crippen LogP contribution in [0.25, 0.3) is 0 Å². The van der Waals surface area contributed by atoms with Gasteiger partial charge < -0.3 is 5.11 Å². The molecular weight excluding hydrogens is 342 g/mol. The van der Waals surface area contributed by atoms with Crippen molar-refractivity contribution >= 4 is 0 Å². The molecule has 156 valence electrons. The molecule has 0 aromatic carbocycles. The van der Waals surface area contributed by atoms with Crippen molar-refractivity contribution in [1.29, 1.82) is 0 Å². The number of rotatable bonds is 3. The predicted octanol–water partition coefficient (Wildman–Crippen LogP) is 6.69. The molecule has 4 aliphatic rings. The summed E-state index contributed by atoms with van der Waals surface area (Å²) >= 11 is 0. The molecule has 9 atom stereocenters. The minimum absolute atomic E-state index is 0.00179. The van der Waals surface area contributed by atoms with Gasteiger partial charge in [-0.1, -0.05) is 40.5 Å². The number of alkyl halides is 2. The van der Waals surface area contributed by atoms with E-state index in [2.05, 4.69) is 27.7 Å². The highest BCUT2D eigenvalue weighted by atomic mass is 19.3. The second-order valence-corrected chi connectivity index (χ2v) is 11.3. The Morgan fingerprint density at radius 3 is 2.37 bits per heavy atom. The third kappa shape index (κ3) is 2.92. The molecule has 4 aliphatic carbocycles. The summed E-state index contributed by atoms with van der Waals surface area (Å²) < 4.78 is 31.2. The van der Waals surface area contributed by atoms with E-state index in [4.69, 9.17) is 0 Å². The molecule has 0 spiro atoms. The minimum atomic E-state index is -2.55. The van der Waals surface area contributed by atoms with Crippen LogP contribution < -0.4 is 0 Å². The number of aliphatic hydroxyl groups is 1. The highest BCUT2D eigenvalue weighted by molar-refractivity contribution is 5.13. The molecule has 0 bridgehead atoms. The summed E-state index contributed by atoms with van der Waals surface area (Å²) in [6.45, 7) is 9.28. The summed E-state index contributed by atoms with van der Waals surface area (Å²) in [5.74, 6) is -1.35. The lowest BCUT2D eigenvalue weighted by molar-refractivity contribution is -0.238. The highest BCUT2D eigenvalue weighted by Crippen LogP contribution is 2.71. The molecule has 0 aliphatic heterocycles. The van der Waals surface area contributed by atoms with Gasteiger partial charge in [0.2, 0.25) is 0 Å². The Labute approximate surface area is 164 Å². The maximum absolute atomic E-state index is 15.6. The number of aliphatic hydroxyl groups excluding tert-OH is 1. The second kappa shape index (κ2) is 6.67. The van der Waals surface area contributed by atoms with E-state index < -0.39 is 11.8 Å². The number of fused-ring (bicyclic) bond motifs is 5. The van der Waals surface area contributed by atoms with E-state index in [0.717, 1.165) is 38.5 Å². The maximum Gasteiger partial charge on any atom is 0.251 e. The smallest absolute Gasteiger partial charge is 0.251 e. The number of halogens is 2. The third-order valence-electron chi connectivity index (χ3n) is 10.1. The average Bonchev–Trinajstić information content (AvgIpc) is 2.93. The van der Waals surface area contributed by atoms with Crippen molar-refractivity contribution < 1.29 is 13.9 Å². The molecule has 0 radical (unpaired) electrons. The molecule has 0 aromatic heterocycles. The molecule has 27 heavy (non-hydrogen) atoms. The van der Waals surface area contributed by atoms with Gasteiger partial charge in [0.25, 0.3) is 5.92 Å². The van der Waals surface area contributed by atoms with Crippen LogP contribution >= 0.6 is 0 Å². The van der Waals surface area contributed by atoms with Crippen LogP contribution in [0.5, 0.6) is 0 Å². The normalized spacial score (nSPS) is 52.6. The zero-order valence-corrected chi connectivity index (χ0v) is 17.8. The number of hydrogen-bond donors (Lipinski definition) is 1. The molecule has 3 heteroatoms. The summed E-state index contributed by atoms with van der Waals surface area (Å²) in [7, 11) is 0. The van der Waals surface area contributed by atoms with Gasteiger partial charge in [0.15, 0.2) is 0 Å². The van der Waals surface area contributed by atoms with Gasteiger partial charge in [-0.25, -0.2) is 8.78 Å². The number of hydrogen-bond acceptors (Lipinski definition) is 1. The molecule has 0 aromatic rings. The van der Waals surface area contributed by atoms with Gasteiger partial charge in [-0.3, -0.25) is 0 Å². The Hall–Kier alpha value is -0.180. The molecule has 1 nitrogen and oxygen atoms in total. The average molecular weight is 383 g/mol. The molecule has 1 N–H and O–H groups in total. The first-order valence-electron chi connectivity index (χ1n) is 11.7.